The van der Waals surface area contributed by atoms with Crippen molar-refractivity contribution in [2.45, 2.75) is 6.42 Å². The fraction of sp³-hybridized carbons (Fsp3) is 0.250. The second-order valence-electron chi connectivity index (χ2n) is 4.61. The van der Waals surface area contributed by atoms with Crippen molar-refractivity contribution in [2.24, 2.45) is 0 Å². The second kappa shape index (κ2) is 7.87. The van der Waals surface area contributed by atoms with E-state index in [1.807, 2.05) is 24.3 Å². The van der Waals surface area contributed by atoms with Crippen LogP contribution in [0.1, 0.15) is 6.42 Å². The molecule has 6 nitrogen and oxygen atoms in total. The van der Waals surface area contributed by atoms with Crippen LogP contribution in [0.2, 0.25) is 0 Å². The van der Waals surface area contributed by atoms with E-state index in [-0.39, 0.29) is 5.69 Å². The lowest BCUT2D eigenvalue weighted by Gasteiger charge is -2.08. The fourth-order valence-corrected chi connectivity index (χ4v) is 1.90. The van der Waals surface area contributed by atoms with Crippen molar-refractivity contribution >= 4 is 11.4 Å². The van der Waals surface area contributed by atoms with Gasteiger partial charge in [-0.2, -0.15) is 0 Å². The maximum absolute atomic E-state index is 10.7. The zero-order valence-electron chi connectivity index (χ0n) is 12.3. The van der Waals surface area contributed by atoms with Crippen LogP contribution in [0.4, 0.5) is 11.4 Å². The minimum Gasteiger partial charge on any atom is -0.497 e. The van der Waals surface area contributed by atoms with Crippen molar-refractivity contribution in [3.63, 3.8) is 0 Å². The van der Waals surface area contributed by atoms with Crippen LogP contribution in [0.15, 0.2) is 48.5 Å². The Kier molecular flexibility index (Phi) is 5.59. The van der Waals surface area contributed by atoms with Crippen LogP contribution in [0.5, 0.6) is 11.5 Å². The van der Waals surface area contributed by atoms with Gasteiger partial charge in [-0.15, -0.1) is 0 Å². The highest BCUT2D eigenvalue weighted by Gasteiger charge is 2.04. The molecule has 0 aliphatic carbocycles. The summed E-state index contributed by atoms with van der Waals surface area (Å²) in [5.41, 5.74) is 0.818. The summed E-state index contributed by atoms with van der Waals surface area (Å²) >= 11 is 0. The van der Waals surface area contributed by atoms with Crippen LogP contribution >= 0.6 is 0 Å². The Morgan fingerprint density at radius 3 is 2.55 bits per heavy atom. The maximum atomic E-state index is 10.7. The third kappa shape index (κ3) is 4.66. The van der Waals surface area contributed by atoms with Gasteiger partial charge in [0.2, 0.25) is 0 Å². The lowest BCUT2D eigenvalue weighted by molar-refractivity contribution is -0.384. The van der Waals surface area contributed by atoms with Crippen molar-refractivity contribution in [1.29, 1.82) is 0 Å². The molecule has 0 amide bonds. The van der Waals surface area contributed by atoms with E-state index in [9.17, 15) is 10.1 Å². The van der Waals surface area contributed by atoms with Gasteiger partial charge in [0.1, 0.15) is 11.5 Å². The molecular weight excluding hydrogens is 284 g/mol. The first-order chi connectivity index (χ1) is 10.7. The van der Waals surface area contributed by atoms with E-state index in [4.69, 9.17) is 9.47 Å². The number of nitro benzene ring substituents is 1. The average molecular weight is 302 g/mol. The van der Waals surface area contributed by atoms with Crippen LogP contribution < -0.4 is 14.8 Å². The van der Waals surface area contributed by atoms with Gasteiger partial charge in [0.05, 0.1) is 18.6 Å². The van der Waals surface area contributed by atoms with Gasteiger partial charge < -0.3 is 14.8 Å². The normalized spacial score (nSPS) is 10.0. The smallest absolute Gasteiger partial charge is 0.271 e. The number of nitrogens with one attached hydrogen (secondary N) is 1. The SMILES string of the molecule is COc1ccc(OCCCNc2cccc([N+](=O)[O-])c2)cc1. The Morgan fingerprint density at radius 1 is 1.14 bits per heavy atom. The second-order valence-corrected chi connectivity index (χ2v) is 4.61. The number of non-ortho nitro benzene ring substituents is 1. The molecule has 0 aliphatic heterocycles. The van der Waals surface area contributed by atoms with E-state index in [1.165, 1.54) is 12.1 Å². The molecule has 0 unspecified atom stereocenters. The molecule has 0 bridgehead atoms. The largest absolute Gasteiger partial charge is 0.497 e. The number of benzene rings is 2. The number of rotatable bonds is 8. The van der Waals surface area contributed by atoms with Crippen molar-refractivity contribution in [2.75, 3.05) is 25.6 Å². The molecule has 116 valence electrons. The number of nitrogens with zero attached hydrogens (tertiary/aromatic N) is 1. The number of ether oxygens (including phenoxy) is 2. The first-order valence-electron chi connectivity index (χ1n) is 6.94. The lowest BCUT2D eigenvalue weighted by atomic mass is 10.3. The molecule has 2 rings (SSSR count). The maximum Gasteiger partial charge on any atom is 0.271 e. The summed E-state index contributed by atoms with van der Waals surface area (Å²) < 4.78 is 10.7. The standard InChI is InChI=1S/C16H18N2O4/c1-21-15-6-8-16(9-7-15)22-11-3-10-17-13-4-2-5-14(12-13)18(19)20/h2,4-9,12,17H,3,10-11H2,1H3. The molecule has 0 atom stereocenters. The number of anilines is 1. The van der Waals surface area contributed by atoms with Gasteiger partial charge in [-0.05, 0) is 36.8 Å². The Morgan fingerprint density at radius 2 is 1.86 bits per heavy atom. The summed E-state index contributed by atoms with van der Waals surface area (Å²) in [7, 11) is 1.62. The first kappa shape index (κ1) is 15.6. The Balaban J connectivity index is 1.70. The Labute approximate surface area is 128 Å². The molecule has 1 N–H and O–H groups in total. The van der Waals surface area contributed by atoms with Crippen molar-refractivity contribution in [3.05, 3.63) is 58.6 Å². The summed E-state index contributed by atoms with van der Waals surface area (Å²) in [5.74, 6) is 1.58. The quantitative estimate of drug-likeness (QED) is 0.459. The van der Waals surface area contributed by atoms with Crippen molar-refractivity contribution < 1.29 is 14.4 Å². The van der Waals surface area contributed by atoms with Crippen LogP contribution in [-0.2, 0) is 0 Å². The fourth-order valence-electron chi connectivity index (χ4n) is 1.90. The highest BCUT2D eigenvalue weighted by atomic mass is 16.6. The number of hydrogen-bond donors (Lipinski definition) is 1. The molecule has 0 spiro atoms. The average Bonchev–Trinajstić information content (AvgIpc) is 2.55. The van der Waals surface area contributed by atoms with Crippen molar-refractivity contribution in [3.8, 4) is 11.5 Å². The molecule has 0 fully saturated rings. The first-order valence-corrected chi connectivity index (χ1v) is 6.94. The molecule has 0 saturated carbocycles. The summed E-state index contributed by atoms with van der Waals surface area (Å²) in [6, 6.07) is 13.8. The third-order valence-corrected chi connectivity index (χ3v) is 3.04. The van der Waals surface area contributed by atoms with E-state index < -0.39 is 4.92 Å². The van der Waals surface area contributed by atoms with Crippen LogP contribution in [0, 0.1) is 10.1 Å². The van der Waals surface area contributed by atoms with E-state index in [0.29, 0.717) is 13.2 Å². The lowest BCUT2D eigenvalue weighted by Crippen LogP contribution is -2.07. The molecular formula is C16H18N2O4. The highest BCUT2D eigenvalue weighted by Crippen LogP contribution is 2.18. The molecule has 2 aromatic rings. The Hall–Kier alpha value is -2.76. The number of nitro groups is 1. The third-order valence-electron chi connectivity index (χ3n) is 3.04. The van der Waals surface area contributed by atoms with E-state index in [1.54, 1.807) is 19.2 Å². The van der Waals surface area contributed by atoms with Gasteiger partial charge in [0.15, 0.2) is 0 Å². The van der Waals surface area contributed by atoms with Crippen LogP contribution in [0.25, 0.3) is 0 Å². The van der Waals surface area contributed by atoms with Gasteiger partial charge >= 0.3 is 0 Å². The van der Waals surface area contributed by atoms with Gasteiger partial charge in [0.25, 0.3) is 5.69 Å². The molecule has 0 radical (unpaired) electrons. The topological polar surface area (TPSA) is 73.6 Å². The molecule has 0 aliphatic rings. The zero-order chi connectivity index (χ0) is 15.8. The number of methoxy groups -OCH3 is 1. The summed E-state index contributed by atoms with van der Waals surface area (Å²) in [5, 5.41) is 13.8. The Bertz CT molecular complexity index is 614. The molecule has 2 aromatic carbocycles. The van der Waals surface area contributed by atoms with Gasteiger partial charge in [0, 0.05) is 24.4 Å². The minimum atomic E-state index is -0.405. The van der Waals surface area contributed by atoms with E-state index in [0.717, 1.165) is 23.6 Å². The molecule has 0 aromatic heterocycles. The summed E-state index contributed by atoms with van der Waals surface area (Å²) in [6.45, 7) is 1.24. The van der Waals surface area contributed by atoms with E-state index in [2.05, 4.69) is 5.32 Å². The van der Waals surface area contributed by atoms with Gasteiger partial charge in [-0.1, -0.05) is 6.07 Å². The predicted molar refractivity (Wildman–Crippen MR) is 84.7 cm³/mol. The molecule has 22 heavy (non-hydrogen) atoms. The molecule has 0 saturated heterocycles. The minimum absolute atomic E-state index is 0.0829. The van der Waals surface area contributed by atoms with Crippen molar-refractivity contribution in [1.82, 2.24) is 0 Å². The van der Waals surface area contributed by atoms with Gasteiger partial charge in [-0.25, -0.2) is 0 Å². The summed E-state index contributed by atoms with van der Waals surface area (Å²) in [6.07, 6.45) is 0.786. The molecule has 6 heteroatoms. The monoisotopic (exact) mass is 302 g/mol. The van der Waals surface area contributed by atoms with Gasteiger partial charge in [-0.3, -0.25) is 10.1 Å². The highest BCUT2D eigenvalue weighted by molar-refractivity contribution is 5.50. The summed E-state index contributed by atoms with van der Waals surface area (Å²) in [4.78, 5) is 10.3. The molecule has 0 heterocycles. The van der Waals surface area contributed by atoms with Crippen LogP contribution in [-0.4, -0.2) is 25.2 Å². The predicted octanol–water partition coefficient (Wildman–Crippen LogP) is 3.48. The zero-order valence-corrected chi connectivity index (χ0v) is 12.3. The van der Waals surface area contributed by atoms with Crippen LogP contribution in [0.3, 0.4) is 0 Å². The van der Waals surface area contributed by atoms with E-state index >= 15 is 0 Å². The number of hydrogen-bond acceptors (Lipinski definition) is 5.